The Bertz CT molecular complexity index is 494. The topological polar surface area (TPSA) is 50.9 Å². The minimum Gasteiger partial charge on any atom is -0.399 e. The highest BCUT2D eigenvalue weighted by atomic mass is 32.1. The highest BCUT2D eigenvalue weighted by molar-refractivity contribution is 7.09. The van der Waals surface area contributed by atoms with E-state index in [9.17, 15) is 0 Å². The number of nitrogens with one attached hydrogen (secondary N) is 1. The van der Waals surface area contributed by atoms with E-state index >= 15 is 0 Å². The highest BCUT2D eigenvalue weighted by Crippen LogP contribution is 2.21. The van der Waals surface area contributed by atoms with E-state index in [-0.39, 0.29) is 0 Å². The number of hydrogen-bond donors (Lipinski definition) is 2. The lowest BCUT2D eigenvalue weighted by atomic mass is 10.1. The van der Waals surface area contributed by atoms with E-state index in [0.29, 0.717) is 6.04 Å². The third-order valence-electron chi connectivity index (χ3n) is 3.18. The molecule has 2 rings (SSSR count). The van der Waals surface area contributed by atoms with Crippen LogP contribution in [0.3, 0.4) is 0 Å². The number of hydrogen-bond acceptors (Lipinski definition) is 4. The van der Waals surface area contributed by atoms with Crippen LogP contribution >= 0.6 is 11.3 Å². The predicted molar refractivity (Wildman–Crippen MR) is 77.6 cm³/mol. The fourth-order valence-electron chi connectivity index (χ4n) is 1.94. The van der Waals surface area contributed by atoms with Gasteiger partial charge in [-0.15, -0.1) is 11.3 Å². The number of anilines is 1. The number of aromatic nitrogens is 1. The van der Waals surface area contributed by atoms with Crippen molar-refractivity contribution in [1.82, 2.24) is 10.3 Å². The molecule has 96 valence electrons. The SMILES string of the molecule is CCC(NCc1cccc(N)c1C)c1nccs1. The van der Waals surface area contributed by atoms with Gasteiger partial charge >= 0.3 is 0 Å². The summed E-state index contributed by atoms with van der Waals surface area (Å²) in [6, 6.07) is 6.39. The first-order chi connectivity index (χ1) is 8.72. The third-order valence-corrected chi connectivity index (χ3v) is 4.07. The summed E-state index contributed by atoms with van der Waals surface area (Å²) in [5.74, 6) is 0. The zero-order valence-corrected chi connectivity index (χ0v) is 11.6. The lowest BCUT2D eigenvalue weighted by molar-refractivity contribution is 0.516. The molecule has 0 radical (unpaired) electrons. The van der Waals surface area contributed by atoms with Crippen molar-refractivity contribution in [2.75, 3.05) is 5.73 Å². The van der Waals surface area contributed by atoms with E-state index in [1.807, 2.05) is 23.7 Å². The average Bonchev–Trinajstić information content (AvgIpc) is 2.89. The summed E-state index contributed by atoms with van der Waals surface area (Å²) < 4.78 is 0. The molecule has 0 spiro atoms. The summed E-state index contributed by atoms with van der Waals surface area (Å²) in [4.78, 5) is 4.37. The van der Waals surface area contributed by atoms with E-state index in [2.05, 4.69) is 30.2 Å². The fourth-order valence-corrected chi connectivity index (χ4v) is 2.74. The molecular weight excluding hydrogens is 242 g/mol. The standard InChI is InChI=1S/C14H19N3S/c1-3-13(14-16-7-8-18-14)17-9-11-5-4-6-12(15)10(11)2/h4-8,13,17H,3,9,15H2,1-2H3. The van der Waals surface area contributed by atoms with Gasteiger partial charge in [0.2, 0.25) is 0 Å². The van der Waals surface area contributed by atoms with Gasteiger partial charge in [0.15, 0.2) is 0 Å². The summed E-state index contributed by atoms with van der Waals surface area (Å²) in [5.41, 5.74) is 9.19. The van der Waals surface area contributed by atoms with Crippen LogP contribution in [-0.2, 0) is 6.54 Å². The van der Waals surface area contributed by atoms with Crippen molar-refractivity contribution in [3.8, 4) is 0 Å². The van der Waals surface area contributed by atoms with Crippen LogP contribution < -0.4 is 11.1 Å². The van der Waals surface area contributed by atoms with E-state index in [4.69, 9.17) is 5.73 Å². The fraction of sp³-hybridized carbons (Fsp3) is 0.357. The zero-order chi connectivity index (χ0) is 13.0. The van der Waals surface area contributed by atoms with Crippen molar-refractivity contribution in [1.29, 1.82) is 0 Å². The van der Waals surface area contributed by atoms with Gasteiger partial charge in [-0.3, -0.25) is 0 Å². The average molecular weight is 261 g/mol. The zero-order valence-electron chi connectivity index (χ0n) is 10.8. The van der Waals surface area contributed by atoms with Gasteiger partial charge in [0, 0.05) is 23.8 Å². The molecule has 0 amide bonds. The Balaban J connectivity index is 2.04. The van der Waals surface area contributed by atoms with Crippen LogP contribution in [-0.4, -0.2) is 4.98 Å². The largest absolute Gasteiger partial charge is 0.399 e. The molecule has 0 aliphatic rings. The van der Waals surface area contributed by atoms with Gasteiger partial charge < -0.3 is 11.1 Å². The van der Waals surface area contributed by atoms with E-state index in [1.165, 1.54) is 11.1 Å². The number of rotatable bonds is 5. The van der Waals surface area contributed by atoms with Gasteiger partial charge in [0.05, 0.1) is 6.04 Å². The van der Waals surface area contributed by atoms with Crippen LogP contribution in [0.15, 0.2) is 29.8 Å². The molecule has 3 N–H and O–H groups in total. The van der Waals surface area contributed by atoms with Crippen LogP contribution in [0.4, 0.5) is 5.69 Å². The van der Waals surface area contributed by atoms with Crippen molar-refractivity contribution in [2.45, 2.75) is 32.9 Å². The number of nitrogens with zero attached hydrogens (tertiary/aromatic N) is 1. The molecule has 1 aromatic heterocycles. The summed E-state index contributed by atoms with van der Waals surface area (Å²) in [6.07, 6.45) is 2.89. The van der Waals surface area contributed by atoms with Crippen LogP contribution in [0.5, 0.6) is 0 Å². The van der Waals surface area contributed by atoms with Gasteiger partial charge in [-0.2, -0.15) is 0 Å². The number of thiazole rings is 1. The Kier molecular flexibility index (Phi) is 4.33. The maximum Gasteiger partial charge on any atom is 0.109 e. The third kappa shape index (κ3) is 2.89. The minimum atomic E-state index is 0.325. The quantitative estimate of drug-likeness (QED) is 0.812. The van der Waals surface area contributed by atoms with Gasteiger partial charge in [-0.1, -0.05) is 19.1 Å². The van der Waals surface area contributed by atoms with Crippen LogP contribution in [0.25, 0.3) is 0 Å². The molecule has 0 saturated heterocycles. The van der Waals surface area contributed by atoms with Gasteiger partial charge in [-0.05, 0) is 30.5 Å². The first-order valence-corrected chi connectivity index (χ1v) is 7.07. The number of benzene rings is 1. The van der Waals surface area contributed by atoms with E-state index < -0.39 is 0 Å². The molecule has 0 aliphatic carbocycles. The monoisotopic (exact) mass is 261 g/mol. The molecular formula is C14H19N3S. The Morgan fingerprint density at radius 2 is 2.28 bits per heavy atom. The number of nitrogens with two attached hydrogens (primary N) is 1. The van der Waals surface area contributed by atoms with Crippen molar-refractivity contribution >= 4 is 17.0 Å². The summed E-state index contributed by atoms with van der Waals surface area (Å²) in [5, 5.41) is 6.72. The second kappa shape index (κ2) is 5.98. The maximum atomic E-state index is 5.92. The smallest absolute Gasteiger partial charge is 0.109 e. The van der Waals surface area contributed by atoms with Crippen molar-refractivity contribution < 1.29 is 0 Å². The Labute approximate surface area is 112 Å². The van der Waals surface area contributed by atoms with Crippen molar-refractivity contribution in [3.05, 3.63) is 45.9 Å². The molecule has 1 unspecified atom stereocenters. The first kappa shape index (κ1) is 13.1. The minimum absolute atomic E-state index is 0.325. The molecule has 18 heavy (non-hydrogen) atoms. The summed E-state index contributed by atoms with van der Waals surface area (Å²) in [6.45, 7) is 5.07. The molecule has 0 bridgehead atoms. The molecule has 2 aromatic rings. The van der Waals surface area contributed by atoms with Gasteiger partial charge in [0.25, 0.3) is 0 Å². The molecule has 0 fully saturated rings. The Hall–Kier alpha value is -1.39. The Morgan fingerprint density at radius 1 is 1.44 bits per heavy atom. The summed E-state index contributed by atoms with van der Waals surface area (Å²) in [7, 11) is 0. The molecule has 1 heterocycles. The molecule has 0 saturated carbocycles. The normalized spacial score (nSPS) is 12.6. The van der Waals surface area contributed by atoms with Gasteiger partial charge in [0.1, 0.15) is 5.01 Å². The van der Waals surface area contributed by atoms with Crippen LogP contribution in [0.1, 0.15) is 35.5 Å². The predicted octanol–water partition coefficient (Wildman–Crippen LogP) is 3.27. The maximum absolute atomic E-state index is 5.92. The van der Waals surface area contributed by atoms with Crippen LogP contribution in [0.2, 0.25) is 0 Å². The van der Waals surface area contributed by atoms with E-state index in [0.717, 1.165) is 23.7 Å². The number of nitrogen functional groups attached to an aromatic ring is 1. The molecule has 4 heteroatoms. The second-order valence-corrected chi connectivity index (χ2v) is 5.27. The lowest BCUT2D eigenvalue weighted by Gasteiger charge is -2.16. The molecule has 1 atom stereocenters. The first-order valence-electron chi connectivity index (χ1n) is 6.19. The Morgan fingerprint density at radius 3 is 2.94 bits per heavy atom. The molecule has 1 aromatic carbocycles. The molecule has 0 aliphatic heterocycles. The van der Waals surface area contributed by atoms with Crippen molar-refractivity contribution in [3.63, 3.8) is 0 Å². The molecule has 3 nitrogen and oxygen atoms in total. The van der Waals surface area contributed by atoms with Gasteiger partial charge in [-0.25, -0.2) is 4.98 Å². The van der Waals surface area contributed by atoms with E-state index in [1.54, 1.807) is 11.3 Å². The second-order valence-electron chi connectivity index (χ2n) is 4.34. The lowest BCUT2D eigenvalue weighted by Crippen LogP contribution is -2.20. The van der Waals surface area contributed by atoms with Crippen LogP contribution in [0, 0.1) is 6.92 Å². The van der Waals surface area contributed by atoms with Crippen molar-refractivity contribution in [2.24, 2.45) is 0 Å². The highest BCUT2D eigenvalue weighted by Gasteiger charge is 2.11. The summed E-state index contributed by atoms with van der Waals surface area (Å²) >= 11 is 1.70.